The Balaban J connectivity index is -0.000000000626. The van der Waals surface area contributed by atoms with E-state index in [2.05, 4.69) is 6.66 Å². The fourth-order valence-corrected chi connectivity index (χ4v) is 2.80. The van der Waals surface area contributed by atoms with E-state index >= 15 is 0 Å². The zero-order valence-electron chi connectivity index (χ0n) is 4.98. The lowest BCUT2D eigenvalue weighted by atomic mass is 10.3. The molecule has 0 aliphatic carbocycles. The Morgan fingerprint density at radius 1 is 0.222 bits per heavy atom. The van der Waals surface area contributed by atoms with Crippen LogP contribution in [0.2, 0.25) is 0 Å². The fraction of sp³-hybridized carbons (Fsp3) is 1.00. The van der Waals surface area contributed by atoms with Crippen LogP contribution in [0.5, 0.6) is 0 Å². The highest BCUT2D eigenvalue weighted by Gasteiger charge is 2.05. The van der Waals surface area contributed by atoms with Gasteiger partial charge >= 0.3 is 0 Å². The molecule has 0 unspecified atom stereocenters. The normalized spacial score (nSPS) is 4.92. The highest BCUT2D eigenvalue weighted by Crippen LogP contribution is 2.36. The van der Waals surface area contributed by atoms with Gasteiger partial charge in [-0.2, -0.15) is 0 Å². The maximum absolute atomic E-state index is 2.43. The second-order valence-corrected chi connectivity index (χ2v) is 4.97. The van der Waals surface area contributed by atoms with E-state index in [1.165, 1.54) is 19.3 Å². The lowest BCUT2D eigenvalue weighted by Crippen LogP contribution is -1.96. The van der Waals surface area contributed by atoms with Crippen LogP contribution in [0.4, 0.5) is 0 Å². The van der Waals surface area contributed by atoms with Gasteiger partial charge in [0.15, 0.2) is 0 Å². The molecule has 1 rings (SSSR count). The minimum Gasteiger partial charge on any atom is -0.110 e. The van der Waals surface area contributed by atoms with Crippen molar-refractivity contribution in [2.24, 2.45) is 0 Å². The van der Waals surface area contributed by atoms with E-state index < -0.39 is 0 Å². The van der Waals surface area contributed by atoms with Gasteiger partial charge in [0.05, 0.1) is 244 Å². The standard InChI is InChI=1S/C6H13P.29BH3/c1-7-5-3-2-4-6-7;;;;;;;;;;;;;;;;;;;;;;;;;;;;;/h2-6H2,1H3;29*1H3. The topological polar surface area (TPSA) is 0 Å². The van der Waals surface area contributed by atoms with Gasteiger partial charge in [0.2, 0.25) is 0 Å². The Morgan fingerprint density at radius 3 is 0.389 bits per heavy atom. The summed E-state index contributed by atoms with van der Waals surface area (Å²) in [6, 6.07) is 0. The summed E-state index contributed by atoms with van der Waals surface area (Å²) in [6.45, 7) is 2.43. The molecule has 1 aliphatic heterocycles. The molecule has 0 radical (unpaired) electrons. The van der Waals surface area contributed by atoms with Crippen LogP contribution < -0.4 is 0 Å². The molecule has 0 bridgehead atoms. The lowest BCUT2D eigenvalue weighted by molar-refractivity contribution is 0.754. The van der Waals surface area contributed by atoms with Crippen molar-refractivity contribution in [1.29, 1.82) is 0 Å². The van der Waals surface area contributed by atoms with Gasteiger partial charge in [-0.1, -0.05) is 6.42 Å². The summed E-state index contributed by atoms with van der Waals surface area (Å²) in [5.41, 5.74) is 0. The molecule has 1 aliphatic rings. The maximum atomic E-state index is 2.43. The third-order valence-electron chi connectivity index (χ3n) is 1.58. The molecule has 0 spiro atoms. The Morgan fingerprint density at radius 2 is 0.333 bits per heavy atom. The predicted octanol–water partition coefficient (Wildman–Crippen LogP) is -32.1. The zero-order chi connectivity index (χ0) is 5.11. The molecule has 30 heteroatoms. The van der Waals surface area contributed by atoms with Crippen molar-refractivity contribution in [2.75, 3.05) is 19.0 Å². The first-order chi connectivity index (χ1) is 3.39. The van der Waals surface area contributed by atoms with E-state index in [4.69, 9.17) is 0 Å². The number of rotatable bonds is 0. The number of hydrogen-bond donors (Lipinski definition) is 0. The van der Waals surface area contributed by atoms with Crippen LogP contribution in [0.25, 0.3) is 0 Å². The van der Waals surface area contributed by atoms with Crippen LogP contribution >= 0.6 is 7.92 Å². The molecule has 1 heterocycles. The van der Waals surface area contributed by atoms with Crippen LogP contribution in [0, 0.1) is 0 Å². The second-order valence-electron chi connectivity index (χ2n) is 2.36. The monoisotopic (exact) mass is 523 g/mol. The van der Waals surface area contributed by atoms with Crippen molar-refractivity contribution in [3.05, 3.63) is 0 Å². The molecule has 36 heavy (non-hydrogen) atoms. The summed E-state index contributed by atoms with van der Waals surface area (Å²) in [5, 5.41) is 0. The molecule has 0 aromatic carbocycles. The Hall–Kier alpha value is 2.31. The summed E-state index contributed by atoms with van der Waals surface area (Å²) in [6.07, 6.45) is 7.64. The van der Waals surface area contributed by atoms with Gasteiger partial charge in [0.25, 0.3) is 0 Å². The minimum absolute atomic E-state index is 0. The molecule has 0 aromatic rings. The first-order valence-electron chi connectivity index (χ1n) is 3.08. The SMILES string of the molecule is B.B.B.B.B.B.B.B.B.B.B.B.B.B.B.B.B.B.B.B.B.B.B.B.B.B.B.B.B.CP1CCCCC1. The van der Waals surface area contributed by atoms with E-state index in [-0.39, 0.29) is 244 Å². The van der Waals surface area contributed by atoms with Gasteiger partial charge in [-0.3, -0.25) is 0 Å². The maximum Gasteiger partial charge on any atom is 0.0814 e. The molecule has 0 amide bonds. The molecule has 216 valence electrons. The molecule has 0 aromatic heterocycles. The van der Waals surface area contributed by atoms with Gasteiger partial charge in [-0.15, -0.1) is 7.92 Å². The minimum atomic E-state index is 0. The van der Waals surface area contributed by atoms with Crippen LogP contribution in [-0.4, -0.2) is 263 Å². The van der Waals surface area contributed by atoms with Crippen molar-refractivity contribution in [3.8, 4) is 0 Å². The molecular weight excluding hydrogens is 417 g/mol. The largest absolute Gasteiger partial charge is 0.110 e. The summed E-state index contributed by atoms with van der Waals surface area (Å²) < 4.78 is 0. The van der Waals surface area contributed by atoms with Crippen LogP contribution in [-0.2, 0) is 0 Å². The summed E-state index contributed by atoms with van der Waals surface area (Å²) in [5.74, 6) is 0. The van der Waals surface area contributed by atoms with Crippen molar-refractivity contribution in [1.82, 2.24) is 0 Å². The quantitative estimate of drug-likeness (QED) is 0.221. The first-order valence-corrected chi connectivity index (χ1v) is 5.24. The van der Waals surface area contributed by atoms with Gasteiger partial charge in [0.1, 0.15) is 0 Å². The van der Waals surface area contributed by atoms with Gasteiger partial charge in [-0.25, -0.2) is 0 Å². The number of hydrogen-bond acceptors (Lipinski definition) is 0. The van der Waals surface area contributed by atoms with E-state index in [9.17, 15) is 0 Å². The van der Waals surface area contributed by atoms with Gasteiger partial charge in [-0.05, 0) is 31.8 Å². The molecule has 1 fully saturated rings. The van der Waals surface area contributed by atoms with E-state index in [1.54, 1.807) is 12.3 Å². The molecule has 0 atom stereocenters. The second kappa shape index (κ2) is 463. The average molecular weight is 517 g/mol. The summed E-state index contributed by atoms with van der Waals surface area (Å²) in [4.78, 5) is 0. The van der Waals surface area contributed by atoms with Crippen molar-refractivity contribution < 1.29 is 0 Å². The third-order valence-corrected chi connectivity index (χ3v) is 3.74. The lowest BCUT2D eigenvalue weighted by Gasteiger charge is -2.16. The molecule has 1 saturated heterocycles. The Bertz CT molecular complexity index is 71.7. The van der Waals surface area contributed by atoms with Gasteiger partial charge in [0, 0.05) is 0 Å². The molecule has 0 nitrogen and oxygen atoms in total. The van der Waals surface area contributed by atoms with Crippen molar-refractivity contribution in [3.63, 3.8) is 0 Å². The fourth-order valence-electron chi connectivity index (χ4n) is 1.05. The average Bonchev–Trinajstić information content (AvgIpc) is 1.69. The molecule has 0 saturated carbocycles. The van der Waals surface area contributed by atoms with Crippen LogP contribution in [0.3, 0.4) is 0 Å². The smallest absolute Gasteiger partial charge is 0.0814 e. The Labute approximate surface area is 288 Å². The van der Waals surface area contributed by atoms with Gasteiger partial charge < -0.3 is 0 Å². The first kappa shape index (κ1) is 615. The highest BCUT2D eigenvalue weighted by atomic mass is 31.1. The van der Waals surface area contributed by atoms with E-state index in [1.807, 2.05) is 0 Å². The molecular formula is C6H100B29P. The van der Waals surface area contributed by atoms with Crippen molar-refractivity contribution in [2.45, 2.75) is 19.3 Å². The predicted molar refractivity (Wildman–Crippen MR) is 325 cm³/mol. The highest BCUT2D eigenvalue weighted by molar-refractivity contribution is 7.56. The van der Waals surface area contributed by atoms with Crippen LogP contribution in [0.1, 0.15) is 19.3 Å². The molecule has 0 N–H and O–H groups in total. The summed E-state index contributed by atoms with van der Waals surface area (Å²) >= 11 is 0. The van der Waals surface area contributed by atoms with E-state index in [0.29, 0.717) is 7.92 Å². The Kier molecular flexibility index (Phi) is 7900. The summed E-state index contributed by atoms with van der Waals surface area (Å²) in [7, 11) is 0.508. The third kappa shape index (κ3) is 426. The van der Waals surface area contributed by atoms with Crippen LogP contribution in [0.15, 0.2) is 0 Å². The van der Waals surface area contributed by atoms with Crippen molar-refractivity contribution >= 4 is 252 Å². The van der Waals surface area contributed by atoms with E-state index in [0.717, 1.165) is 0 Å². The zero-order valence-corrected chi connectivity index (χ0v) is 5.88.